The van der Waals surface area contributed by atoms with E-state index in [9.17, 15) is 28.8 Å². The van der Waals surface area contributed by atoms with Gasteiger partial charge in [0.25, 0.3) is 0 Å². The normalized spacial score (nSPS) is 10.2. The van der Waals surface area contributed by atoms with Crippen molar-refractivity contribution >= 4 is 36.0 Å². The third-order valence-electron chi connectivity index (χ3n) is 6.77. The first-order chi connectivity index (χ1) is 24.6. The van der Waals surface area contributed by atoms with E-state index in [0.717, 1.165) is 12.2 Å². The number of benzene rings is 3. The number of ether oxygens (including phenoxy) is 7. The van der Waals surface area contributed by atoms with Gasteiger partial charge in [-0.25, -0.2) is 24.0 Å². The van der Waals surface area contributed by atoms with Crippen molar-refractivity contribution in [3.8, 4) is 17.2 Å². The highest BCUT2D eigenvalue weighted by Crippen LogP contribution is 2.25. The summed E-state index contributed by atoms with van der Waals surface area (Å²) in [7, 11) is 0. The van der Waals surface area contributed by atoms with Crippen molar-refractivity contribution in [3.05, 3.63) is 114 Å². The molecule has 3 aromatic rings. The third kappa shape index (κ3) is 14.4. The first kappa shape index (κ1) is 39.2. The van der Waals surface area contributed by atoms with Gasteiger partial charge < -0.3 is 33.2 Å². The summed E-state index contributed by atoms with van der Waals surface area (Å²) in [6, 6.07) is 16.5. The van der Waals surface area contributed by atoms with Gasteiger partial charge in [-0.1, -0.05) is 25.3 Å². The molecule has 0 aliphatic heterocycles. The number of carbonyl (C=O) groups is 6. The van der Waals surface area contributed by atoms with Gasteiger partial charge in [0.2, 0.25) is 0 Å². The minimum atomic E-state index is -0.921. The molecule has 0 spiro atoms. The van der Waals surface area contributed by atoms with Gasteiger partial charge in [-0.15, -0.1) is 0 Å². The maximum absolute atomic E-state index is 12.7. The van der Waals surface area contributed by atoms with E-state index in [4.69, 9.17) is 33.2 Å². The van der Waals surface area contributed by atoms with E-state index in [2.05, 4.69) is 13.2 Å². The number of rotatable bonds is 19. The van der Waals surface area contributed by atoms with Gasteiger partial charge in [0, 0.05) is 12.2 Å². The lowest BCUT2D eigenvalue weighted by atomic mass is 10.1. The fourth-order valence-corrected chi connectivity index (χ4v) is 4.10. The molecule has 13 heteroatoms. The van der Waals surface area contributed by atoms with Crippen LogP contribution in [0.5, 0.6) is 17.2 Å². The van der Waals surface area contributed by atoms with Crippen LogP contribution in [0.3, 0.4) is 0 Å². The highest BCUT2D eigenvalue weighted by molar-refractivity contribution is 5.92. The van der Waals surface area contributed by atoms with Crippen molar-refractivity contribution in [1.82, 2.24) is 0 Å². The zero-order chi connectivity index (χ0) is 37.0. The molecule has 0 saturated carbocycles. The predicted octanol–water partition coefficient (Wildman–Crippen LogP) is 6.05. The van der Waals surface area contributed by atoms with Crippen molar-refractivity contribution in [2.75, 3.05) is 26.4 Å². The molecular formula is C38H38O13. The average molecular weight is 703 g/mol. The molecule has 0 aromatic heterocycles. The summed E-state index contributed by atoms with van der Waals surface area (Å²) in [5.41, 5.74) is 1.64. The molecule has 0 aliphatic rings. The molecule has 0 saturated heterocycles. The van der Waals surface area contributed by atoms with Crippen molar-refractivity contribution in [3.63, 3.8) is 0 Å². The fraction of sp³-hybridized carbons (Fsp3) is 0.263. The maximum Gasteiger partial charge on any atom is 0.513 e. The van der Waals surface area contributed by atoms with Gasteiger partial charge in [0.15, 0.2) is 0 Å². The number of hydrogen-bond donors (Lipinski definition) is 0. The molecule has 0 unspecified atom stereocenters. The maximum atomic E-state index is 12.7. The van der Waals surface area contributed by atoms with Crippen LogP contribution in [0, 0.1) is 6.92 Å². The molecule has 268 valence electrons. The molecule has 0 fully saturated rings. The minimum absolute atomic E-state index is 0.0208. The number of hydrogen-bond acceptors (Lipinski definition) is 13. The standard InChI is InChI=1S/C38H38O13/c1-4-33(39)45-20-6-7-22-47-35(41)25-27-10-12-28(13-11-27)36(42)49-31-18-19-32(26(3)24-31)51-37(43)29-14-16-30(17-15-29)50-38(44)48-23-9-8-21-46-34(40)5-2/h4-5,10-19,24H,1-2,6-9,20-23,25H2,3H3. The molecule has 0 aliphatic carbocycles. The Morgan fingerprint density at radius 1 is 0.569 bits per heavy atom. The van der Waals surface area contributed by atoms with Gasteiger partial charge in [-0.3, -0.25) is 4.79 Å². The number of carbonyl (C=O) groups excluding carboxylic acids is 6. The second-order valence-electron chi connectivity index (χ2n) is 10.7. The Bertz CT molecular complexity index is 1690. The summed E-state index contributed by atoms with van der Waals surface area (Å²) in [6.07, 6.45) is 3.29. The first-order valence-corrected chi connectivity index (χ1v) is 15.9. The summed E-state index contributed by atoms with van der Waals surface area (Å²) >= 11 is 0. The lowest BCUT2D eigenvalue weighted by molar-refractivity contribution is -0.143. The highest BCUT2D eigenvalue weighted by atomic mass is 16.7. The van der Waals surface area contributed by atoms with E-state index in [1.54, 1.807) is 25.1 Å². The summed E-state index contributed by atoms with van der Waals surface area (Å²) in [6.45, 7) is 8.95. The Morgan fingerprint density at radius 2 is 1.06 bits per heavy atom. The second-order valence-corrected chi connectivity index (χ2v) is 10.7. The van der Waals surface area contributed by atoms with E-state index in [1.165, 1.54) is 48.5 Å². The number of unbranched alkanes of at least 4 members (excludes halogenated alkanes) is 2. The Labute approximate surface area is 294 Å². The predicted molar refractivity (Wildman–Crippen MR) is 181 cm³/mol. The van der Waals surface area contributed by atoms with E-state index in [-0.39, 0.29) is 61.2 Å². The van der Waals surface area contributed by atoms with E-state index in [0.29, 0.717) is 36.8 Å². The molecule has 0 bridgehead atoms. The first-order valence-electron chi connectivity index (χ1n) is 15.9. The van der Waals surface area contributed by atoms with E-state index in [1.807, 2.05) is 0 Å². The van der Waals surface area contributed by atoms with Crippen molar-refractivity contribution in [1.29, 1.82) is 0 Å². The lowest BCUT2D eigenvalue weighted by Gasteiger charge is -2.11. The summed E-state index contributed by atoms with van der Waals surface area (Å²) in [4.78, 5) is 71.4. The third-order valence-corrected chi connectivity index (χ3v) is 6.77. The van der Waals surface area contributed by atoms with E-state index < -0.39 is 36.0 Å². The average Bonchev–Trinajstić information content (AvgIpc) is 3.12. The lowest BCUT2D eigenvalue weighted by Crippen LogP contribution is -2.13. The van der Waals surface area contributed by atoms with Crippen LogP contribution < -0.4 is 14.2 Å². The summed E-state index contributed by atoms with van der Waals surface area (Å²) in [5, 5.41) is 0. The van der Waals surface area contributed by atoms with Gasteiger partial charge in [0.05, 0.1) is 44.0 Å². The quantitative estimate of drug-likeness (QED) is 0.0354. The van der Waals surface area contributed by atoms with Crippen LogP contribution in [0.2, 0.25) is 0 Å². The Hall–Kier alpha value is -6.24. The van der Waals surface area contributed by atoms with Gasteiger partial charge in [-0.2, -0.15) is 0 Å². The molecule has 0 amide bonds. The Morgan fingerprint density at radius 3 is 1.61 bits per heavy atom. The van der Waals surface area contributed by atoms with Crippen LogP contribution in [-0.4, -0.2) is 62.4 Å². The topological polar surface area (TPSA) is 167 Å². The molecule has 51 heavy (non-hydrogen) atoms. The summed E-state index contributed by atoms with van der Waals surface area (Å²) < 4.78 is 35.9. The zero-order valence-electron chi connectivity index (χ0n) is 28.1. The Balaban J connectivity index is 1.40. The van der Waals surface area contributed by atoms with Crippen LogP contribution in [0.4, 0.5) is 4.79 Å². The number of esters is 5. The molecule has 3 rings (SSSR count). The van der Waals surface area contributed by atoms with Gasteiger partial charge in [-0.05, 0) is 98.3 Å². The molecule has 0 atom stereocenters. The zero-order valence-corrected chi connectivity index (χ0v) is 28.1. The van der Waals surface area contributed by atoms with Crippen LogP contribution >= 0.6 is 0 Å². The fourth-order valence-electron chi connectivity index (χ4n) is 4.10. The molecule has 0 heterocycles. The summed E-state index contributed by atoms with van der Waals surface area (Å²) in [5.74, 6) is -2.10. The molecule has 0 N–H and O–H groups in total. The van der Waals surface area contributed by atoms with Crippen molar-refractivity contribution < 1.29 is 61.9 Å². The second kappa shape index (κ2) is 21.0. The van der Waals surface area contributed by atoms with Crippen LogP contribution in [-0.2, 0) is 39.8 Å². The van der Waals surface area contributed by atoms with Crippen LogP contribution in [0.25, 0.3) is 0 Å². The van der Waals surface area contributed by atoms with Crippen molar-refractivity contribution in [2.45, 2.75) is 39.0 Å². The van der Waals surface area contributed by atoms with Crippen molar-refractivity contribution in [2.24, 2.45) is 0 Å². The van der Waals surface area contributed by atoms with Gasteiger partial charge >= 0.3 is 36.0 Å². The molecular weight excluding hydrogens is 664 g/mol. The van der Waals surface area contributed by atoms with E-state index >= 15 is 0 Å². The highest BCUT2D eigenvalue weighted by Gasteiger charge is 2.15. The molecule has 13 nitrogen and oxygen atoms in total. The van der Waals surface area contributed by atoms with Crippen LogP contribution in [0.15, 0.2) is 92.0 Å². The largest absolute Gasteiger partial charge is 0.513 e. The number of aryl methyl sites for hydroxylation is 1. The monoisotopic (exact) mass is 702 g/mol. The van der Waals surface area contributed by atoms with Gasteiger partial charge in [0.1, 0.15) is 17.2 Å². The molecule has 0 radical (unpaired) electrons. The minimum Gasteiger partial charge on any atom is -0.465 e. The smallest absolute Gasteiger partial charge is 0.465 e. The Kier molecular flexibility index (Phi) is 16.1. The molecule has 3 aromatic carbocycles. The van der Waals surface area contributed by atoms with Crippen LogP contribution in [0.1, 0.15) is 57.5 Å². The SMILES string of the molecule is C=CC(=O)OCCCCOC(=O)Cc1ccc(C(=O)Oc2ccc(OC(=O)c3ccc(OC(=O)OCCCCOC(=O)C=C)cc3)c(C)c2)cc1.